The van der Waals surface area contributed by atoms with Crippen molar-refractivity contribution in [2.24, 2.45) is 17.8 Å². The molecule has 0 aromatic carbocycles. The summed E-state index contributed by atoms with van der Waals surface area (Å²) >= 11 is 1.99. The lowest BCUT2D eigenvalue weighted by atomic mass is 9.82. The molecule has 2 rings (SSSR count). The number of piperazine rings is 1. The van der Waals surface area contributed by atoms with Crippen LogP contribution in [0.25, 0.3) is 0 Å². The number of rotatable bonds is 6. The quantitative estimate of drug-likeness (QED) is 0.801. The fourth-order valence-electron chi connectivity index (χ4n) is 4.31. The highest BCUT2D eigenvalue weighted by Gasteiger charge is 2.34. The van der Waals surface area contributed by atoms with Crippen LogP contribution < -0.4 is 5.32 Å². The molecule has 2 fully saturated rings. The van der Waals surface area contributed by atoms with E-state index in [-0.39, 0.29) is 0 Å². The predicted molar refractivity (Wildman–Crippen MR) is 96.1 cm³/mol. The standard InChI is InChI=1S/C18H36N2S/c1-14(2)18-10-19-17(16-8-6-5-7-9-16)12-20(18)11-15(3)13-21-4/h14-19H,5-13H2,1-4H3. The zero-order valence-corrected chi connectivity index (χ0v) is 15.4. The normalized spacial score (nSPS) is 30.7. The summed E-state index contributed by atoms with van der Waals surface area (Å²) in [7, 11) is 0. The Kier molecular flexibility index (Phi) is 7.37. The molecule has 0 aromatic heterocycles. The van der Waals surface area contributed by atoms with E-state index in [0.29, 0.717) is 0 Å². The first kappa shape index (κ1) is 17.6. The summed E-state index contributed by atoms with van der Waals surface area (Å²) in [6.45, 7) is 11.0. The van der Waals surface area contributed by atoms with Gasteiger partial charge < -0.3 is 5.32 Å². The third kappa shape index (κ3) is 5.14. The summed E-state index contributed by atoms with van der Waals surface area (Å²) in [5.74, 6) is 3.80. The van der Waals surface area contributed by atoms with Crippen molar-refractivity contribution in [3.63, 3.8) is 0 Å². The van der Waals surface area contributed by atoms with Crippen molar-refractivity contribution in [3.05, 3.63) is 0 Å². The summed E-state index contributed by atoms with van der Waals surface area (Å²) < 4.78 is 0. The lowest BCUT2D eigenvalue weighted by molar-refractivity contribution is 0.0633. The van der Waals surface area contributed by atoms with Crippen molar-refractivity contribution in [1.82, 2.24) is 10.2 Å². The van der Waals surface area contributed by atoms with Crippen LogP contribution in [0.2, 0.25) is 0 Å². The van der Waals surface area contributed by atoms with Crippen LogP contribution in [0.4, 0.5) is 0 Å². The summed E-state index contributed by atoms with van der Waals surface area (Å²) in [6, 6.07) is 1.48. The highest BCUT2D eigenvalue weighted by Crippen LogP contribution is 2.29. The molecule has 0 amide bonds. The zero-order chi connectivity index (χ0) is 15.2. The van der Waals surface area contributed by atoms with Crippen molar-refractivity contribution in [2.75, 3.05) is 31.6 Å². The van der Waals surface area contributed by atoms with E-state index in [9.17, 15) is 0 Å². The van der Waals surface area contributed by atoms with Crippen molar-refractivity contribution >= 4 is 11.8 Å². The van der Waals surface area contributed by atoms with Gasteiger partial charge in [0.25, 0.3) is 0 Å². The van der Waals surface area contributed by atoms with Crippen LogP contribution in [-0.2, 0) is 0 Å². The minimum Gasteiger partial charge on any atom is -0.311 e. The molecular formula is C18H36N2S. The van der Waals surface area contributed by atoms with Gasteiger partial charge in [-0.15, -0.1) is 0 Å². The fourth-order valence-corrected chi connectivity index (χ4v) is 4.99. The SMILES string of the molecule is CSCC(C)CN1CC(C2CCCCC2)NCC1C(C)C. The third-order valence-electron chi connectivity index (χ3n) is 5.48. The van der Waals surface area contributed by atoms with Crippen LogP contribution >= 0.6 is 11.8 Å². The molecule has 1 saturated heterocycles. The van der Waals surface area contributed by atoms with Crippen LogP contribution in [0.5, 0.6) is 0 Å². The minimum absolute atomic E-state index is 0.731. The third-order valence-corrected chi connectivity index (χ3v) is 6.38. The van der Waals surface area contributed by atoms with Crippen LogP contribution in [-0.4, -0.2) is 48.6 Å². The Labute approximate surface area is 136 Å². The second-order valence-electron chi connectivity index (χ2n) is 7.74. The maximum absolute atomic E-state index is 3.91. The van der Waals surface area contributed by atoms with Gasteiger partial charge in [-0.3, -0.25) is 4.90 Å². The average Bonchev–Trinajstić information content (AvgIpc) is 2.48. The van der Waals surface area contributed by atoms with Gasteiger partial charge >= 0.3 is 0 Å². The molecule has 0 radical (unpaired) electrons. The molecule has 1 N–H and O–H groups in total. The molecule has 0 spiro atoms. The monoisotopic (exact) mass is 312 g/mol. The summed E-state index contributed by atoms with van der Waals surface area (Å²) in [6.07, 6.45) is 9.53. The van der Waals surface area contributed by atoms with Gasteiger partial charge in [0.05, 0.1) is 0 Å². The first-order valence-corrected chi connectivity index (χ1v) is 10.5. The Bertz CT molecular complexity index is 289. The predicted octanol–water partition coefficient (Wildman–Crippen LogP) is 3.86. The first-order chi connectivity index (χ1) is 10.1. The fraction of sp³-hybridized carbons (Fsp3) is 1.00. The Hall–Kier alpha value is 0.270. The van der Waals surface area contributed by atoms with Crippen LogP contribution in [0.3, 0.4) is 0 Å². The number of thioether (sulfide) groups is 1. The van der Waals surface area contributed by atoms with Gasteiger partial charge in [-0.05, 0) is 42.6 Å². The molecule has 2 aliphatic rings. The minimum atomic E-state index is 0.731. The number of nitrogens with one attached hydrogen (secondary N) is 1. The highest BCUT2D eigenvalue weighted by molar-refractivity contribution is 7.98. The molecular weight excluding hydrogens is 276 g/mol. The Morgan fingerprint density at radius 1 is 1.14 bits per heavy atom. The maximum atomic E-state index is 3.91. The van der Waals surface area contributed by atoms with Gasteiger partial charge in [0.15, 0.2) is 0 Å². The molecule has 124 valence electrons. The van der Waals surface area contributed by atoms with Crippen molar-refractivity contribution in [3.8, 4) is 0 Å². The molecule has 3 heteroatoms. The lowest BCUT2D eigenvalue weighted by Gasteiger charge is -2.46. The summed E-state index contributed by atoms with van der Waals surface area (Å²) in [5.41, 5.74) is 0. The number of nitrogens with zero attached hydrogens (tertiary/aromatic N) is 1. The molecule has 1 saturated carbocycles. The van der Waals surface area contributed by atoms with Gasteiger partial charge in [-0.2, -0.15) is 11.8 Å². The van der Waals surface area contributed by atoms with Crippen molar-refractivity contribution in [1.29, 1.82) is 0 Å². The molecule has 0 bridgehead atoms. The van der Waals surface area contributed by atoms with E-state index < -0.39 is 0 Å². The summed E-state index contributed by atoms with van der Waals surface area (Å²) in [4.78, 5) is 2.82. The molecule has 2 nitrogen and oxygen atoms in total. The van der Waals surface area contributed by atoms with Gasteiger partial charge in [-0.1, -0.05) is 40.0 Å². The van der Waals surface area contributed by atoms with E-state index in [1.165, 1.54) is 57.5 Å². The smallest absolute Gasteiger partial charge is 0.0244 e. The Morgan fingerprint density at radius 2 is 1.86 bits per heavy atom. The van der Waals surface area contributed by atoms with E-state index >= 15 is 0 Å². The van der Waals surface area contributed by atoms with E-state index in [1.807, 2.05) is 11.8 Å². The van der Waals surface area contributed by atoms with E-state index in [4.69, 9.17) is 0 Å². The van der Waals surface area contributed by atoms with Crippen molar-refractivity contribution < 1.29 is 0 Å². The maximum Gasteiger partial charge on any atom is 0.0244 e. The van der Waals surface area contributed by atoms with Crippen LogP contribution in [0, 0.1) is 17.8 Å². The topological polar surface area (TPSA) is 15.3 Å². The number of hydrogen-bond donors (Lipinski definition) is 1. The lowest BCUT2D eigenvalue weighted by Crippen LogP contribution is -2.61. The molecule has 1 heterocycles. The molecule has 1 aliphatic carbocycles. The van der Waals surface area contributed by atoms with Crippen LogP contribution in [0.15, 0.2) is 0 Å². The zero-order valence-electron chi connectivity index (χ0n) is 14.6. The molecule has 1 aliphatic heterocycles. The van der Waals surface area contributed by atoms with E-state index in [0.717, 1.165) is 29.8 Å². The van der Waals surface area contributed by atoms with E-state index in [1.54, 1.807) is 0 Å². The van der Waals surface area contributed by atoms with Gasteiger partial charge in [-0.25, -0.2) is 0 Å². The molecule has 0 aromatic rings. The van der Waals surface area contributed by atoms with Gasteiger partial charge in [0.2, 0.25) is 0 Å². The first-order valence-electron chi connectivity index (χ1n) is 9.08. The highest BCUT2D eigenvalue weighted by atomic mass is 32.2. The molecule has 21 heavy (non-hydrogen) atoms. The number of hydrogen-bond acceptors (Lipinski definition) is 3. The van der Waals surface area contributed by atoms with E-state index in [2.05, 4.69) is 37.2 Å². The van der Waals surface area contributed by atoms with Crippen LogP contribution in [0.1, 0.15) is 52.9 Å². The van der Waals surface area contributed by atoms with Gasteiger partial charge in [0, 0.05) is 31.7 Å². The van der Waals surface area contributed by atoms with Crippen molar-refractivity contribution in [2.45, 2.75) is 65.0 Å². The largest absolute Gasteiger partial charge is 0.311 e. The second kappa shape index (κ2) is 8.79. The Balaban J connectivity index is 1.93. The average molecular weight is 313 g/mol. The molecule has 3 unspecified atom stereocenters. The Morgan fingerprint density at radius 3 is 2.48 bits per heavy atom. The molecule has 3 atom stereocenters. The van der Waals surface area contributed by atoms with Gasteiger partial charge in [0.1, 0.15) is 0 Å². The summed E-state index contributed by atoms with van der Waals surface area (Å²) in [5, 5.41) is 3.91. The second-order valence-corrected chi connectivity index (χ2v) is 8.65.